The van der Waals surface area contributed by atoms with Crippen molar-refractivity contribution in [3.05, 3.63) is 70.8 Å². The zero-order valence-electron chi connectivity index (χ0n) is 17.6. The SMILES string of the molecule is COCCCN1C(=O)[C@@H]2[C@H](C1=O)[C@H](C(=O)c1ccc(Cl)cc1)N1c3ccccc3C=C[C@@H]21. The van der Waals surface area contributed by atoms with Gasteiger partial charge in [-0.2, -0.15) is 0 Å². The van der Waals surface area contributed by atoms with E-state index in [1.54, 1.807) is 31.4 Å². The molecule has 3 heterocycles. The molecule has 0 radical (unpaired) electrons. The molecule has 0 spiro atoms. The molecule has 2 aromatic carbocycles. The summed E-state index contributed by atoms with van der Waals surface area (Å²) in [6.07, 6.45) is 4.50. The molecule has 0 unspecified atom stereocenters. The number of imide groups is 1. The highest BCUT2D eigenvalue weighted by Gasteiger charge is 2.63. The van der Waals surface area contributed by atoms with E-state index in [2.05, 4.69) is 0 Å². The van der Waals surface area contributed by atoms with Crippen LogP contribution in [-0.4, -0.2) is 54.8 Å². The minimum absolute atomic E-state index is 0.177. The first-order valence-electron chi connectivity index (χ1n) is 10.7. The maximum absolute atomic E-state index is 13.8. The van der Waals surface area contributed by atoms with Crippen LogP contribution < -0.4 is 4.90 Å². The summed E-state index contributed by atoms with van der Waals surface area (Å²) in [5, 5.41) is 0.534. The molecule has 0 N–H and O–H groups in total. The van der Waals surface area contributed by atoms with Crippen LogP contribution >= 0.6 is 11.6 Å². The minimum atomic E-state index is -0.763. The molecule has 4 atom stereocenters. The lowest BCUT2D eigenvalue weighted by Gasteiger charge is -2.36. The molecule has 0 aliphatic carbocycles. The van der Waals surface area contributed by atoms with Crippen LogP contribution in [-0.2, 0) is 14.3 Å². The van der Waals surface area contributed by atoms with E-state index in [-0.39, 0.29) is 23.6 Å². The number of anilines is 1. The first kappa shape index (κ1) is 20.9. The van der Waals surface area contributed by atoms with Crippen molar-refractivity contribution in [2.75, 3.05) is 25.2 Å². The molecule has 164 valence electrons. The number of methoxy groups -OCH3 is 1. The van der Waals surface area contributed by atoms with Gasteiger partial charge in [-0.15, -0.1) is 0 Å². The van der Waals surface area contributed by atoms with E-state index in [0.29, 0.717) is 30.2 Å². The standard InChI is InChI=1S/C25H23ClN2O4/c1-32-14-4-13-27-24(30)20-19-12-9-15-5-2-3-6-18(15)28(19)22(21(20)25(27)31)23(29)16-7-10-17(26)11-8-16/h2-3,5-12,19-22H,4,13-14H2,1H3/t19-,20-,21-,22+/m0/s1. The normalized spacial score (nSPS) is 25.7. The first-order valence-corrected chi connectivity index (χ1v) is 11.1. The van der Waals surface area contributed by atoms with Crippen molar-refractivity contribution in [2.24, 2.45) is 11.8 Å². The second kappa shape index (κ2) is 8.19. The van der Waals surface area contributed by atoms with Gasteiger partial charge in [0.05, 0.1) is 17.9 Å². The zero-order chi connectivity index (χ0) is 22.4. The van der Waals surface area contributed by atoms with Crippen molar-refractivity contribution in [2.45, 2.75) is 18.5 Å². The van der Waals surface area contributed by atoms with Crippen LogP contribution in [0, 0.1) is 11.8 Å². The second-order valence-corrected chi connectivity index (χ2v) is 8.79. The number of ketones is 1. The predicted molar refractivity (Wildman–Crippen MR) is 122 cm³/mol. The predicted octanol–water partition coefficient (Wildman–Crippen LogP) is 3.44. The van der Waals surface area contributed by atoms with Crippen LogP contribution in [0.25, 0.3) is 6.08 Å². The minimum Gasteiger partial charge on any atom is -0.385 e. The van der Waals surface area contributed by atoms with Crippen molar-refractivity contribution < 1.29 is 19.1 Å². The summed E-state index contributed by atoms with van der Waals surface area (Å²) in [5.41, 5.74) is 2.31. The number of para-hydroxylation sites is 1. The Morgan fingerprint density at radius 2 is 1.75 bits per heavy atom. The fourth-order valence-electron chi connectivity index (χ4n) is 5.25. The van der Waals surface area contributed by atoms with Gasteiger partial charge in [0.25, 0.3) is 0 Å². The number of ether oxygens (including phenoxy) is 1. The van der Waals surface area contributed by atoms with Gasteiger partial charge in [0.2, 0.25) is 11.8 Å². The van der Waals surface area contributed by atoms with Gasteiger partial charge in [-0.25, -0.2) is 0 Å². The molecule has 32 heavy (non-hydrogen) atoms. The summed E-state index contributed by atoms with van der Waals surface area (Å²) in [6.45, 7) is 0.760. The van der Waals surface area contributed by atoms with Crippen molar-refractivity contribution in [1.29, 1.82) is 0 Å². The van der Waals surface area contributed by atoms with E-state index in [1.165, 1.54) is 4.90 Å². The molecule has 2 amide bonds. The first-order chi connectivity index (χ1) is 15.5. The third-order valence-corrected chi connectivity index (χ3v) is 6.89. The van der Waals surface area contributed by atoms with E-state index in [9.17, 15) is 14.4 Å². The number of fused-ring (bicyclic) bond motifs is 5. The molecule has 3 aliphatic rings. The van der Waals surface area contributed by atoms with E-state index >= 15 is 0 Å². The highest BCUT2D eigenvalue weighted by molar-refractivity contribution is 6.30. The van der Waals surface area contributed by atoms with E-state index in [0.717, 1.165) is 11.3 Å². The number of rotatable bonds is 6. The number of hydrogen-bond donors (Lipinski definition) is 0. The molecule has 6 nitrogen and oxygen atoms in total. The van der Waals surface area contributed by atoms with Crippen LogP contribution in [0.3, 0.4) is 0 Å². The van der Waals surface area contributed by atoms with Gasteiger partial charge in [0, 0.05) is 36.5 Å². The number of carbonyl (C=O) groups is 3. The number of amides is 2. The number of nitrogens with zero attached hydrogens (tertiary/aromatic N) is 2. The summed E-state index contributed by atoms with van der Waals surface area (Å²) in [5.74, 6) is -1.97. The van der Waals surface area contributed by atoms with Gasteiger partial charge in [-0.05, 0) is 42.3 Å². The van der Waals surface area contributed by atoms with Gasteiger partial charge in [0.15, 0.2) is 5.78 Å². The van der Waals surface area contributed by atoms with Gasteiger partial charge in [-0.3, -0.25) is 19.3 Å². The van der Waals surface area contributed by atoms with Gasteiger partial charge in [0.1, 0.15) is 6.04 Å². The highest BCUT2D eigenvalue weighted by Crippen LogP contribution is 2.49. The van der Waals surface area contributed by atoms with Crippen molar-refractivity contribution >= 4 is 41.0 Å². The number of carbonyl (C=O) groups excluding carboxylic acids is 3. The van der Waals surface area contributed by atoms with Crippen molar-refractivity contribution in [3.8, 4) is 0 Å². The smallest absolute Gasteiger partial charge is 0.235 e. The molecule has 7 heteroatoms. The van der Waals surface area contributed by atoms with Gasteiger partial charge in [-0.1, -0.05) is 42.0 Å². The molecule has 2 aromatic rings. The summed E-state index contributed by atoms with van der Waals surface area (Å²) in [6, 6.07) is 13.3. The summed E-state index contributed by atoms with van der Waals surface area (Å²) in [4.78, 5) is 43.9. The van der Waals surface area contributed by atoms with Crippen LogP contribution in [0.4, 0.5) is 5.69 Å². The Kier molecular flexibility index (Phi) is 5.35. The third-order valence-electron chi connectivity index (χ3n) is 6.63. The average Bonchev–Trinajstić information content (AvgIpc) is 3.28. The fraction of sp³-hybridized carbons (Fsp3) is 0.320. The number of benzene rings is 2. The Bertz CT molecular complexity index is 1110. The molecule has 0 aromatic heterocycles. The number of halogens is 1. The monoisotopic (exact) mass is 450 g/mol. The number of hydrogen-bond acceptors (Lipinski definition) is 5. The Morgan fingerprint density at radius 3 is 2.50 bits per heavy atom. The van der Waals surface area contributed by atoms with Crippen LogP contribution in [0.15, 0.2) is 54.6 Å². The molecule has 2 saturated heterocycles. The van der Waals surface area contributed by atoms with Crippen molar-refractivity contribution in [3.63, 3.8) is 0 Å². The fourth-order valence-corrected chi connectivity index (χ4v) is 5.37. The molecular weight excluding hydrogens is 428 g/mol. The molecular formula is C25H23ClN2O4. The van der Waals surface area contributed by atoms with Crippen LogP contribution in [0.1, 0.15) is 22.3 Å². The molecule has 2 fully saturated rings. The third kappa shape index (κ3) is 3.17. The van der Waals surface area contributed by atoms with Crippen molar-refractivity contribution in [1.82, 2.24) is 4.90 Å². The second-order valence-electron chi connectivity index (χ2n) is 8.36. The lowest BCUT2D eigenvalue weighted by Crippen LogP contribution is -2.48. The molecule has 0 saturated carbocycles. The maximum atomic E-state index is 13.8. The quantitative estimate of drug-likeness (QED) is 0.383. The highest BCUT2D eigenvalue weighted by atomic mass is 35.5. The summed E-state index contributed by atoms with van der Waals surface area (Å²) >= 11 is 6.02. The topological polar surface area (TPSA) is 66.9 Å². The lowest BCUT2D eigenvalue weighted by molar-refractivity contribution is -0.140. The maximum Gasteiger partial charge on any atom is 0.235 e. The van der Waals surface area contributed by atoms with E-state index < -0.39 is 17.9 Å². The average molecular weight is 451 g/mol. The summed E-state index contributed by atoms with van der Waals surface area (Å²) < 4.78 is 5.08. The lowest BCUT2D eigenvalue weighted by atomic mass is 9.86. The summed E-state index contributed by atoms with van der Waals surface area (Å²) in [7, 11) is 1.59. The van der Waals surface area contributed by atoms with E-state index in [1.807, 2.05) is 41.3 Å². The Balaban J connectivity index is 1.58. The van der Waals surface area contributed by atoms with Gasteiger partial charge >= 0.3 is 0 Å². The zero-order valence-corrected chi connectivity index (χ0v) is 18.4. The number of likely N-dealkylation sites (tertiary alicyclic amines) is 1. The molecule has 3 aliphatic heterocycles. The van der Waals surface area contributed by atoms with Gasteiger partial charge < -0.3 is 9.64 Å². The Hall–Kier alpha value is -2.96. The van der Waals surface area contributed by atoms with Crippen LogP contribution in [0.2, 0.25) is 5.02 Å². The molecule has 5 rings (SSSR count). The molecule has 0 bridgehead atoms. The Morgan fingerprint density at radius 1 is 1.03 bits per heavy atom. The number of Topliss-reactive ketones (excluding diaryl/α,β-unsaturated/α-hetero) is 1. The van der Waals surface area contributed by atoms with Crippen LogP contribution in [0.5, 0.6) is 0 Å². The Labute approximate surface area is 191 Å². The largest absolute Gasteiger partial charge is 0.385 e. The van der Waals surface area contributed by atoms with E-state index in [4.69, 9.17) is 16.3 Å².